The third-order valence-corrected chi connectivity index (χ3v) is 4.53. The van der Waals surface area contributed by atoms with Crippen LogP contribution in [0, 0.1) is 0 Å². The lowest BCUT2D eigenvalue weighted by Crippen LogP contribution is -2.29. The van der Waals surface area contributed by atoms with Crippen molar-refractivity contribution in [3.8, 4) is 5.88 Å². The van der Waals surface area contributed by atoms with E-state index in [1.54, 1.807) is 18.0 Å². The number of carbonyl (C=O) groups is 1. The fourth-order valence-electron chi connectivity index (χ4n) is 3.21. The van der Waals surface area contributed by atoms with Crippen LogP contribution in [0.15, 0.2) is 24.5 Å². The van der Waals surface area contributed by atoms with E-state index in [1.165, 1.54) is 0 Å². The van der Waals surface area contributed by atoms with E-state index >= 15 is 0 Å². The Morgan fingerprint density at radius 3 is 3.08 bits per heavy atom. The lowest BCUT2D eigenvalue weighted by molar-refractivity contribution is 0.0946. The van der Waals surface area contributed by atoms with E-state index in [9.17, 15) is 4.79 Å². The number of aromatic nitrogens is 3. The molecule has 2 aromatic heterocycles. The van der Waals surface area contributed by atoms with Crippen LogP contribution in [0.3, 0.4) is 0 Å². The summed E-state index contributed by atoms with van der Waals surface area (Å²) in [7, 11) is 3.42. The topological polar surface area (TPSA) is 98.3 Å². The first-order valence-corrected chi connectivity index (χ1v) is 8.82. The summed E-state index contributed by atoms with van der Waals surface area (Å²) < 4.78 is 6.80. The third-order valence-electron chi connectivity index (χ3n) is 4.53. The number of amides is 1. The third kappa shape index (κ3) is 4.59. The molecule has 0 radical (unpaired) electrons. The number of hydrogen-bond donors (Lipinski definition) is 2. The van der Waals surface area contributed by atoms with Crippen LogP contribution in [0.1, 0.15) is 28.0 Å². The van der Waals surface area contributed by atoms with Crippen molar-refractivity contribution in [2.75, 3.05) is 26.7 Å². The Kier molecular flexibility index (Phi) is 5.85. The molecule has 1 amide bonds. The highest BCUT2D eigenvalue weighted by Gasteiger charge is 2.23. The van der Waals surface area contributed by atoms with Crippen molar-refractivity contribution in [2.24, 2.45) is 12.8 Å². The van der Waals surface area contributed by atoms with Gasteiger partial charge in [-0.3, -0.25) is 14.4 Å². The van der Waals surface area contributed by atoms with Crippen LogP contribution >= 0.6 is 0 Å². The zero-order chi connectivity index (χ0) is 18.5. The Balaban J connectivity index is 1.57. The minimum Gasteiger partial charge on any atom is -0.481 e. The maximum absolute atomic E-state index is 12.6. The number of nitrogens with one attached hydrogen (secondary N) is 1. The molecular formula is C18H26N6O2. The largest absolute Gasteiger partial charge is 0.481 e. The van der Waals surface area contributed by atoms with Gasteiger partial charge in [-0.05, 0) is 24.5 Å². The van der Waals surface area contributed by atoms with Crippen molar-refractivity contribution in [3.05, 3.63) is 41.3 Å². The van der Waals surface area contributed by atoms with Crippen molar-refractivity contribution >= 4 is 5.91 Å². The second-order valence-electron chi connectivity index (χ2n) is 6.67. The Hall–Kier alpha value is -2.45. The van der Waals surface area contributed by atoms with Gasteiger partial charge in [0.1, 0.15) is 0 Å². The molecule has 3 N–H and O–H groups in total. The molecule has 8 nitrogen and oxygen atoms in total. The molecule has 1 atom stereocenters. The van der Waals surface area contributed by atoms with Crippen molar-refractivity contribution in [1.82, 2.24) is 25.0 Å². The van der Waals surface area contributed by atoms with E-state index in [2.05, 4.69) is 20.3 Å². The molecule has 0 aromatic carbocycles. The molecule has 26 heavy (non-hydrogen) atoms. The highest BCUT2D eigenvalue weighted by molar-refractivity contribution is 5.93. The van der Waals surface area contributed by atoms with Crippen LogP contribution in [-0.4, -0.2) is 58.4 Å². The van der Waals surface area contributed by atoms with E-state index in [0.717, 1.165) is 30.6 Å². The number of nitrogens with zero attached hydrogens (tertiary/aromatic N) is 4. The lowest BCUT2D eigenvalue weighted by Gasteiger charge is -2.14. The minimum absolute atomic E-state index is 0.148. The van der Waals surface area contributed by atoms with Gasteiger partial charge in [-0.2, -0.15) is 5.10 Å². The zero-order valence-corrected chi connectivity index (χ0v) is 15.3. The van der Waals surface area contributed by atoms with Crippen LogP contribution < -0.4 is 15.8 Å². The molecular weight excluding hydrogens is 332 g/mol. The van der Waals surface area contributed by atoms with Gasteiger partial charge in [0.25, 0.3) is 5.91 Å². The molecule has 1 unspecified atom stereocenters. The molecule has 1 saturated heterocycles. The first kappa shape index (κ1) is 18.3. The fourth-order valence-corrected chi connectivity index (χ4v) is 3.21. The van der Waals surface area contributed by atoms with E-state index in [-0.39, 0.29) is 11.9 Å². The van der Waals surface area contributed by atoms with E-state index in [4.69, 9.17) is 10.5 Å². The smallest absolute Gasteiger partial charge is 0.272 e. The highest BCUT2D eigenvalue weighted by atomic mass is 16.5. The van der Waals surface area contributed by atoms with Gasteiger partial charge in [0.15, 0.2) is 5.69 Å². The normalized spacial score (nSPS) is 17.4. The van der Waals surface area contributed by atoms with E-state index in [0.29, 0.717) is 31.1 Å². The Bertz CT molecular complexity index is 760. The fraction of sp³-hybridized carbons (Fsp3) is 0.500. The summed E-state index contributed by atoms with van der Waals surface area (Å²) in [5.74, 6) is 0.426. The predicted octanol–water partition coefficient (Wildman–Crippen LogP) is 0.329. The van der Waals surface area contributed by atoms with Crippen LogP contribution in [0.2, 0.25) is 0 Å². The standard InChI is InChI=1S/C18H26N6O2/c1-23-10-14(11-24-8-5-15(19)12-24)17(22-23)18(25)21-7-4-13-3-6-20-16(9-13)26-2/h3,6,9-10,15H,4-5,7-8,11-12,19H2,1-2H3,(H,21,25). The maximum atomic E-state index is 12.6. The summed E-state index contributed by atoms with van der Waals surface area (Å²) in [6.07, 6.45) is 5.31. The first-order chi connectivity index (χ1) is 12.5. The molecule has 8 heteroatoms. The van der Waals surface area contributed by atoms with Crippen molar-refractivity contribution < 1.29 is 9.53 Å². The molecule has 1 fully saturated rings. The summed E-state index contributed by atoms with van der Waals surface area (Å²) in [5.41, 5.74) is 8.45. The number of rotatable bonds is 7. The molecule has 3 rings (SSSR count). The van der Waals surface area contributed by atoms with E-state index in [1.807, 2.05) is 25.4 Å². The number of carbonyl (C=O) groups excluding carboxylic acids is 1. The molecule has 3 heterocycles. The molecule has 0 aliphatic carbocycles. The van der Waals surface area contributed by atoms with Gasteiger partial charge in [-0.15, -0.1) is 0 Å². The molecule has 140 valence electrons. The SMILES string of the molecule is COc1cc(CCNC(=O)c2nn(C)cc2CN2CCC(N)C2)ccn1. The molecule has 0 saturated carbocycles. The number of aryl methyl sites for hydroxylation is 1. The number of nitrogens with two attached hydrogens (primary N) is 1. The summed E-state index contributed by atoms with van der Waals surface area (Å²) in [6, 6.07) is 4.01. The number of pyridine rings is 1. The predicted molar refractivity (Wildman–Crippen MR) is 97.9 cm³/mol. The second kappa shape index (κ2) is 8.29. The van der Waals surface area contributed by atoms with Gasteiger partial charge in [0.2, 0.25) is 5.88 Å². The van der Waals surface area contributed by atoms with Gasteiger partial charge >= 0.3 is 0 Å². The Labute approximate surface area is 153 Å². The van der Waals surface area contributed by atoms with Gasteiger partial charge in [0.05, 0.1) is 7.11 Å². The van der Waals surface area contributed by atoms with Gasteiger partial charge in [0, 0.05) is 63.3 Å². The summed E-state index contributed by atoms with van der Waals surface area (Å²) in [5, 5.41) is 7.29. The zero-order valence-electron chi connectivity index (χ0n) is 15.3. The van der Waals surface area contributed by atoms with Crippen LogP contribution in [0.5, 0.6) is 5.88 Å². The molecule has 1 aliphatic rings. The average Bonchev–Trinajstić information content (AvgIpc) is 3.20. The average molecular weight is 358 g/mol. The van der Waals surface area contributed by atoms with Crippen LogP contribution in [0.4, 0.5) is 0 Å². The number of hydrogen-bond acceptors (Lipinski definition) is 6. The van der Waals surface area contributed by atoms with Crippen molar-refractivity contribution in [3.63, 3.8) is 0 Å². The Morgan fingerprint density at radius 2 is 2.35 bits per heavy atom. The van der Waals surface area contributed by atoms with Gasteiger partial charge < -0.3 is 15.8 Å². The quantitative estimate of drug-likeness (QED) is 0.740. The maximum Gasteiger partial charge on any atom is 0.272 e. The second-order valence-corrected chi connectivity index (χ2v) is 6.67. The van der Waals surface area contributed by atoms with Crippen LogP contribution in [0.25, 0.3) is 0 Å². The van der Waals surface area contributed by atoms with E-state index < -0.39 is 0 Å². The number of likely N-dealkylation sites (tertiary alicyclic amines) is 1. The van der Waals surface area contributed by atoms with Crippen molar-refractivity contribution in [2.45, 2.75) is 25.4 Å². The van der Waals surface area contributed by atoms with Crippen molar-refractivity contribution in [1.29, 1.82) is 0 Å². The minimum atomic E-state index is -0.148. The molecule has 2 aromatic rings. The summed E-state index contributed by atoms with van der Waals surface area (Å²) >= 11 is 0. The summed E-state index contributed by atoms with van der Waals surface area (Å²) in [6.45, 7) is 3.04. The summed E-state index contributed by atoms with van der Waals surface area (Å²) in [4.78, 5) is 18.9. The first-order valence-electron chi connectivity index (χ1n) is 8.82. The highest BCUT2D eigenvalue weighted by Crippen LogP contribution is 2.15. The molecule has 0 spiro atoms. The molecule has 1 aliphatic heterocycles. The van der Waals surface area contributed by atoms with Gasteiger partial charge in [-0.25, -0.2) is 4.98 Å². The lowest BCUT2D eigenvalue weighted by atomic mass is 10.2. The number of ether oxygens (including phenoxy) is 1. The van der Waals surface area contributed by atoms with Gasteiger partial charge in [-0.1, -0.05) is 0 Å². The monoisotopic (exact) mass is 358 g/mol. The number of methoxy groups -OCH3 is 1. The molecule has 0 bridgehead atoms. The Morgan fingerprint density at radius 1 is 1.50 bits per heavy atom. The van der Waals surface area contributed by atoms with Crippen LogP contribution in [-0.2, 0) is 20.0 Å².